The highest BCUT2D eigenvalue weighted by atomic mass is 32.2. The van der Waals surface area contributed by atoms with Gasteiger partial charge in [0.05, 0.1) is 28.8 Å². The van der Waals surface area contributed by atoms with Crippen LogP contribution < -0.4 is 20.1 Å². The monoisotopic (exact) mass is 419 g/mol. The van der Waals surface area contributed by atoms with E-state index in [4.69, 9.17) is 4.74 Å². The molecule has 0 bridgehead atoms. The van der Waals surface area contributed by atoms with Crippen LogP contribution in [-0.2, 0) is 10.0 Å². The summed E-state index contributed by atoms with van der Waals surface area (Å²) in [6.45, 7) is 5.49. The summed E-state index contributed by atoms with van der Waals surface area (Å²) in [5.41, 5.74) is -0.0872. The second-order valence-electron chi connectivity index (χ2n) is 7.30. The van der Waals surface area contributed by atoms with Crippen molar-refractivity contribution in [3.63, 3.8) is 0 Å². The highest BCUT2D eigenvalue weighted by Crippen LogP contribution is 2.25. The highest BCUT2D eigenvalue weighted by molar-refractivity contribution is 7.92. The Hall–Kier alpha value is -3.07. The molecule has 0 saturated heterocycles. The Kier molecular flexibility index (Phi) is 6.53. The maximum Gasteiger partial charge on any atom is 0.261 e. The normalized spacial score (nSPS) is 11.5. The average molecular weight is 420 g/mol. The van der Waals surface area contributed by atoms with Gasteiger partial charge >= 0.3 is 0 Å². The number of sulfonamides is 1. The largest absolute Gasteiger partial charge is 0.496 e. The van der Waals surface area contributed by atoms with Crippen LogP contribution >= 0.6 is 0 Å². The van der Waals surface area contributed by atoms with Crippen LogP contribution in [0.25, 0.3) is 0 Å². The first-order valence-corrected chi connectivity index (χ1v) is 10.3. The first kappa shape index (κ1) is 22.2. The molecule has 0 aliphatic carbocycles. The molecule has 8 nitrogen and oxygen atoms in total. The quantitative estimate of drug-likeness (QED) is 0.665. The van der Waals surface area contributed by atoms with Crippen LogP contribution in [0, 0.1) is 0 Å². The van der Waals surface area contributed by atoms with Crippen LogP contribution in [0.4, 0.5) is 5.69 Å². The molecule has 0 radical (unpaired) electrons. The molecule has 3 N–H and O–H groups in total. The Morgan fingerprint density at radius 1 is 0.966 bits per heavy atom. The number of nitrogens with one attached hydrogen (secondary N) is 3. The lowest BCUT2D eigenvalue weighted by molar-refractivity contribution is 0.0918. The molecule has 0 atom stereocenters. The fourth-order valence-electron chi connectivity index (χ4n) is 2.55. The van der Waals surface area contributed by atoms with Gasteiger partial charge in [-0.1, -0.05) is 12.1 Å². The van der Waals surface area contributed by atoms with E-state index in [2.05, 4.69) is 15.4 Å². The number of anilines is 1. The van der Waals surface area contributed by atoms with E-state index in [1.165, 1.54) is 44.5 Å². The van der Waals surface area contributed by atoms with E-state index in [1.54, 1.807) is 12.1 Å². The summed E-state index contributed by atoms with van der Waals surface area (Å²) in [6, 6.07) is 10.2. The SMILES string of the molecule is CNC(=O)c1cc(S(=O)(=O)Nc2ccccc2C(=O)NC(C)(C)C)ccc1OC. The van der Waals surface area contributed by atoms with Gasteiger partial charge in [-0.2, -0.15) is 0 Å². The highest BCUT2D eigenvalue weighted by Gasteiger charge is 2.23. The summed E-state index contributed by atoms with van der Waals surface area (Å²) >= 11 is 0. The summed E-state index contributed by atoms with van der Waals surface area (Å²) in [5.74, 6) is -0.645. The zero-order chi connectivity index (χ0) is 21.8. The van der Waals surface area contributed by atoms with Crippen molar-refractivity contribution in [3.05, 3.63) is 53.6 Å². The first-order valence-electron chi connectivity index (χ1n) is 8.83. The molecule has 0 fully saturated rings. The van der Waals surface area contributed by atoms with Gasteiger partial charge in [0.25, 0.3) is 21.8 Å². The van der Waals surface area contributed by atoms with E-state index in [0.29, 0.717) is 0 Å². The Bertz CT molecular complexity index is 1030. The van der Waals surface area contributed by atoms with E-state index >= 15 is 0 Å². The fraction of sp³-hybridized carbons (Fsp3) is 0.300. The van der Waals surface area contributed by atoms with Crippen LogP contribution in [0.1, 0.15) is 41.5 Å². The summed E-state index contributed by atoms with van der Waals surface area (Å²) < 4.78 is 33.4. The molecule has 2 amide bonds. The Balaban J connectivity index is 2.43. The number of rotatable bonds is 6. The standard InChI is InChI=1S/C20H25N3O5S/c1-20(2,3)22-19(25)14-8-6-7-9-16(14)23-29(26,27)13-10-11-17(28-5)15(12-13)18(24)21-4/h6-12,23H,1-5H3,(H,21,24)(H,22,25). The zero-order valence-corrected chi connectivity index (χ0v) is 17.8. The van der Waals surface area contributed by atoms with Gasteiger partial charge in [0.1, 0.15) is 5.75 Å². The van der Waals surface area contributed by atoms with Crippen molar-refractivity contribution in [2.45, 2.75) is 31.2 Å². The molecule has 0 heterocycles. The molecule has 0 aromatic heterocycles. The van der Waals surface area contributed by atoms with Crippen LogP contribution in [0.5, 0.6) is 5.75 Å². The van der Waals surface area contributed by atoms with Crippen molar-refractivity contribution >= 4 is 27.5 Å². The van der Waals surface area contributed by atoms with E-state index in [9.17, 15) is 18.0 Å². The number of hydrogen-bond acceptors (Lipinski definition) is 5. The van der Waals surface area contributed by atoms with Gasteiger partial charge in [-0.3, -0.25) is 14.3 Å². The summed E-state index contributed by atoms with van der Waals surface area (Å²) in [7, 11) is -1.24. The molecular weight excluding hydrogens is 394 g/mol. The fourth-order valence-corrected chi connectivity index (χ4v) is 3.65. The molecule has 2 aromatic rings. The summed E-state index contributed by atoms with van der Waals surface area (Å²) in [4.78, 5) is 24.5. The van der Waals surface area contributed by atoms with Gasteiger partial charge in [0.15, 0.2) is 0 Å². The molecule has 0 unspecified atom stereocenters. The Morgan fingerprint density at radius 2 is 1.62 bits per heavy atom. The average Bonchev–Trinajstić information content (AvgIpc) is 2.65. The van der Waals surface area contributed by atoms with Crippen molar-refractivity contribution in [1.82, 2.24) is 10.6 Å². The van der Waals surface area contributed by atoms with Crippen LogP contribution in [0.15, 0.2) is 47.4 Å². The molecule has 0 spiro atoms. The van der Waals surface area contributed by atoms with Crippen LogP contribution in [-0.4, -0.2) is 39.9 Å². The summed E-state index contributed by atoms with van der Waals surface area (Å²) in [6.07, 6.45) is 0. The lowest BCUT2D eigenvalue weighted by Gasteiger charge is -2.21. The second kappa shape index (κ2) is 8.52. The molecule has 0 aliphatic heterocycles. The molecule has 2 aromatic carbocycles. The number of hydrogen-bond donors (Lipinski definition) is 3. The van der Waals surface area contributed by atoms with Crippen molar-refractivity contribution < 1.29 is 22.7 Å². The van der Waals surface area contributed by atoms with Gasteiger partial charge < -0.3 is 15.4 Å². The molecular formula is C20H25N3O5S. The molecule has 0 aliphatic rings. The number of carbonyl (C=O) groups is 2. The van der Waals surface area contributed by atoms with Crippen molar-refractivity contribution in [2.75, 3.05) is 18.9 Å². The Morgan fingerprint density at radius 3 is 2.21 bits per heavy atom. The summed E-state index contributed by atoms with van der Waals surface area (Å²) in [5, 5.41) is 5.25. The molecule has 9 heteroatoms. The Labute approximate surface area is 170 Å². The minimum Gasteiger partial charge on any atom is -0.496 e. The topological polar surface area (TPSA) is 114 Å². The van der Waals surface area contributed by atoms with Crippen molar-refractivity contribution in [3.8, 4) is 5.75 Å². The molecule has 29 heavy (non-hydrogen) atoms. The third-order valence-electron chi connectivity index (χ3n) is 3.86. The first-order chi connectivity index (χ1) is 13.5. The van der Waals surface area contributed by atoms with Gasteiger partial charge in [-0.15, -0.1) is 0 Å². The number of ether oxygens (including phenoxy) is 1. The third kappa shape index (κ3) is 5.47. The smallest absolute Gasteiger partial charge is 0.261 e. The number of para-hydroxylation sites is 1. The minimum absolute atomic E-state index is 0.0802. The van der Waals surface area contributed by atoms with Gasteiger partial charge in [-0.25, -0.2) is 8.42 Å². The predicted octanol–water partition coefficient (Wildman–Crippen LogP) is 2.38. The van der Waals surface area contributed by atoms with Gasteiger partial charge in [0, 0.05) is 12.6 Å². The minimum atomic E-state index is -4.07. The van der Waals surface area contributed by atoms with Gasteiger partial charge in [0.2, 0.25) is 0 Å². The van der Waals surface area contributed by atoms with E-state index < -0.39 is 27.4 Å². The maximum absolute atomic E-state index is 12.9. The number of methoxy groups -OCH3 is 1. The van der Waals surface area contributed by atoms with E-state index in [-0.39, 0.29) is 27.5 Å². The van der Waals surface area contributed by atoms with Crippen molar-refractivity contribution in [1.29, 1.82) is 0 Å². The molecule has 156 valence electrons. The van der Waals surface area contributed by atoms with Gasteiger partial charge in [-0.05, 0) is 51.1 Å². The van der Waals surface area contributed by atoms with Crippen molar-refractivity contribution in [2.24, 2.45) is 0 Å². The van der Waals surface area contributed by atoms with E-state index in [0.717, 1.165) is 0 Å². The maximum atomic E-state index is 12.9. The predicted molar refractivity (Wildman–Crippen MR) is 111 cm³/mol. The lowest BCUT2D eigenvalue weighted by atomic mass is 10.1. The number of amides is 2. The third-order valence-corrected chi connectivity index (χ3v) is 5.22. The van der Waals surface area contributed by atoms with E-state index in [1.807, 2.05) is 20.8 Å². The molecule has 0 saturated carbocycles. The molecule has 2 rings (SSSR count). The zero-order valence-electron chi connectivity index (χ0n) is 17.0. The van der Waals surface area contributed by atoms with Crippen LogP contribution in [0.3, 0.4) is 0 Å². The lowest BCUT2D eigenvalue weighted by Crippen LogP contribution is -2.40. The van der Waals surface area contributed by atoms with Crippen LogP contribution in [0.2, 0.25) is 0 Å². The second-order valence-corrected chi connectivity index (χ2v) is 8.98. The number of benzene rings is 2. The number of carbonyl (C=O) groups excluding carboxylic acids is 2.